The first-order valence-electron chi connectivity index (χ1n) is 7.26. The van der Waals surface area contributed by atoms with Crippen molar-refractivity contribution in [2.75, 3.05) is 0 Å². The number of hydrogen-bond donors (Lipinski definition) is 2. The highest BCUT2D eigenvalue weighted by Crippen LogP contribution is 2.33. The summed E-state index contributed by atoms with van der Waals surface area (Å²) in [4.78, 5) is 11.4. The van der Waals surface area contributed by atoms with Gasteiger partial charge in [0.2, 0.25) is 5.91 Å². The minimum Gasteiger partial charge on any atom is -0.466 e. The van der Waals surface area contributed by atoms with Gasteiger partial charge in [-0.3, -0.25) is 4.79 Å². The lowest BCUT2D eigenvalue weighted by Gasteiger charge is -2.27. The van der Waals surface area contributed by atoms with Crippen LogP contribution in [-0.2, 0) is 11.2 Å². The maximum Gasteiger partial charge on any atom is 0.217 e. The van der Waals surface area contributed by atoms with Gasteiger partial charge >= 0.3 is 0 Å². The van der Waals surface area contributed by atoms with Crippen LogP contribution < -0.4 is 5.32 Å². The first kappa shape index (κ1) is 13.9. The third kappa shape index (κ3) is 2.85. The van der Waals surface area contributed by atoms with Gasteiger partial charge < -0.3 is 14.8 Å². The van der Waals surface area contributed by atoms with E-state index >= 15 is 0 Å². The molecule has 2 N–H and O–H groups in total. The van der Waals surface area contributed by atoms with Gasteiger partial charge in [-0.2, -0.15) is 0 Å². The zero-order valence-corrected chi connectivity index (χ0v) is 12.0. The molecule has 1 heterocycles. The Morgan fingerprint density at radius 3 is 3.00 bits per heavy atom. The van der Waals surface area contributed by atoms with Gasteiger partial charge in [-0.05, 0) is 48.1 Å². The van der Waals surface area contributed by atoms with Crippen molar-refractivity contribution in [1.82, 2.24) is 5.32 Å². The molecule has 4 nitrogen and oxygen atoms in total. The van der Waals surface area contributed by atoms with Gasteiger partial charge in [-0.25, -0.2) is 0 Å². The molecule has 21 heavy (non-hydrogen) atoms. The van der Waals surface area contributed by atoms with Crippen molar-refractivity contribution in [2.24, 2.45) is 0 Å². The van der Waals surface area contributed by atoms with Crippen molar-refractivity contribution >= 4 is 5.91 Å². The highest BCUT2D eigenvalue weighted by atomic mass is 16.4. The molecule has 0 saturated carbocycles. The van der Waals surface area contributed by atoms with Gasteiger partial charge in [0.1, 0.15) is 11.9 Å². The van der Waals surface area contributed by atoms with Crippen LogP contribution in [0, 0.1) is 0 Å². The fourth-order valence-electron chi connectivity index (χ4n) is 2.99. The zero-order chi connectivity index (χ0) is 14.8. The Morgan fingerprint density at radius 1 is 1.43 bits per heavy atom. The molecule has 4 heteroatoms. The molecule has 0 aliphatic heterocycles. The molecule has 1 aliphatic rings. The molecule has 0 saturated heterocycles. The Labute approximate surface area is 123 Å². The monoisotopic (exact) mass is 285 g/mol. The molecule has 3 rings (SSSR count). The normalized spacial score (nSPS) is 18.9. The van der Waals surface area contributed by atoms with Gasteiger partial charge in [0.15, 0.2) is 0 Å². The van der Waals surface area contributed by atoms with Gasteiger partial charge in [0.05, 0.1) is 12.3 Å². The van der Waals surface area contributed by atoms with Crippen LogP contribution in [0.15, 0.2) is 41.0 Å². The largest absolute Gasteiger partial charge is 0.466 e. The van der Waals surface area contributed by atoms with E-state index in [0.29, 0.717) is 5.76 Å². The summed E-state index contributed by atoms with van der Waals surface area (Å²) in [6.07, 6.45) is 3.80. The second-order valence-electron chi connectivity index (χ2n) is 5.52. The lowest BCUT2D eigenvalue weighted by molar-refractivity contribution is -0.119. The Morgan fingerprint density at radius 2 is 2.29 bits per heavy atom. The van der Waals surface area contributed by atoms with Crippen molar-refractivity contribution < 1.29 is 14.3 Å². The van der Waals surface area contributed by atoms with Gasteiger partial charge in [0.25, 0.3) is 0 Å². The number of carbonyl (C=O) groups is 1. The average molecular weight is 285 g/mol. The predicted molar refractivity (Wildman–Crippen MR) is 78.7 cm³/mol. The van der Waals surface area contributed by atoms with Crippen molar-refractivity contribution in [1.29, 1.82) is 0 Å². The molecule has 2 aromatic rings. The molecule has 0 spiro atoms. The second-order valence-corrected chi connectivity index (χ2v) is 5.52. The number of rotatable bonds is 3. The van der Waals surface area contributed by atoms with E-state index in [2.05, 4.69) is 5.32 Å². The van der Waals surface area contributed by atoms with Crippen LogP contribution in [0.3, 0.4) is 0 Å². The smallest absolute Gasteiger partial charge is 0.217 e. The van der Waals surface area contributed by atoms with Crippen LogP contribution in [0.1, 0.15) is 54.4 Å². The number of furan rings is 1. The topological polar surface area (TPSA) is 62.5 Å². The van der Waals surface area contributed by atoms with E-state index < -0.39 is 6.10 Å². The lowest BCUT2D eigenvalue weighted by Crippen LogP contribution is -2.29. The summed E-state index contributed by atoms with van der Waals surface area (Å²) in [6, 6.07) is 9.52. The SMILES string of the molecule is CC(=O)NC1CCCc2ccc(C(O)c3ccco3)cc21. The molecule has 1 aromatic heterocycles. The van der Waals surface area contributed by atoms with Crippen LogP contribution in [0.2, 0.25) is 0 Å². The highest BCUT2D eigenvalue weighted by molar-refractivity contribution is 5.73. The molecular weight excluding hydrogens is 266 g/mol. The number of nitrogens with one attached hydrogen (secondary N) is 1. The number of aryl methyl sites for hydroxylation is 1. The number of aliphatic hydroxyl groups excluding tert-OH is 1. The van der Waals surface area contributed by atoms with E-state index in [1.54, 1.807) is 18.4 Å². The van der Waals surface area contributed by atoms with E-state index in [-0.39, 0.29) is 11.9 Å². The van der Waals surface area contributed by atoms with Crippen molar-refractivity contribution in [3.63, 3.8) is 0 Å². The van der Waals surface area contributed by atoms with Crippen molar-refractivity contribution in [3.8, 4) is 0 Å². The van der Waals surface area contributed by atoms with E-state index in [4.69, 9.17) is 4.42 Å². The molecule has 0 radical (unpaired) electrons. The average Bonchev–Trinajstić information content (AvgIpc) is 3.00. The summed E-state index contributed by atoms with van der Waals surface area (Å²) in [5.74, 6) is 0.506. The third-order valence-corrected chi connectivity index (χ3v) is 3.99. The highest BCUT2D eigenvalue weighted by Gasteiger charge is 2.23. The maximum atomic E-state index is 11.4. The number of benzene rings is 1. The third-order valence-electron chi connectivity index (χ3n) is 3.99. The quantitative estimate of drug-likeness (QED) is 0.911. The molecule has 0 fully saturated rings. The summed E-state index contributed by atoms with van der Waals surface area (Å²) < 4.78 is 5.27. The Balaban J connectivity index is 1.93. The molecule has 2 atom stereocenters. The first-order chi connectivity index (χ1) is 10.1. The number of fused-ring (bicyclic) bond motifs is 1. The van der Waals surface area contributed by atoms with Gasteiger partial charge in [-0.1, -0.05) is 18.2 Å². The fourth-order valence-corrected chi connectivity index (χ4v) is 2.99. The fraction of sp³-hybridized carbons (Fsp3) is 0.353. The summed E-state index contributed by atoms with van der Waals surface area (Å²) in [6.45, 7) is 1.54. The molecule has 1 aromatic carbocycles. The van der Waals surface area contributed by atoms with Crippen LogP contribution in [-0.4, -0.2) is 11.0 Å². The van der Waals surface area contributed by atoms with Crippen LogP contribution in [0.4, 0.5) is 0 Å². The molecule has 1 amide bonds. The molecular formula is C17H19NO3. The zero-order valence-electron chi connectivity index (χ0n) is 12.0. The second kappa shape index (κ2) is 5.74. The number of amides is 1. The van der Waals surface area contributed by atoms with Crippen molar-refractivity contribution in [2.45, 2.75) is 38.3 Å². The van der Waals surface area contributed by atoms with E-state index in [9.17, 15) is 9.90 Å². The van der Waals surface area contributed by atoms with E-state index in [1.165, 1.54) is 12.5 Å². The summed E-state index contributed by atoms with van der Waals surface area (Å²) >= 11 is 0. The number of hydrogen-bond acceptors (Lipinski definition) is 3. The van der Waals surface area contributed by atoms with Gasteiger partial charge in [0, 0.05) is 6.92 Å². The first-order valence-corrected chi connectivity index (χ1v) is 7.26. The Hall–Kier alpha value is -2.07. The molecule has 110 valence electrons. The maximum absolute atomic E-state index is 11.4. The molecule has 0 bridgehead atoms. The van der Waals surface area contributed by atoms with Crippen LogP contribution in [0.25, 0.3) is 0 Å². The number of aliphatic hydroxyl groups is 1. The minimum atomic E-state index is -0.773. The summed E-state index contributed by atoms with van der Waals surface area (Å²) in [5.41, 5.74) is 3.15. The predicted octanol–water partition coefficient (Wildman–Crippen LogP) is 2.87. The Kier molecular flexibility index (Phi) is 3.80. The number of carbonyl (C=O) groups excluding carboxylic acids is 1. The lowest BCUT2D eigenvalue weighted by atomic mass is 9.85. The van der Waals surface area contributed by atoms with Gasteiger partial charge in [-0.15, -0.1) is 0 Å². The van der Waals surface area contributed by atoms with E-state index in [0.717, 1.165) is 30.4 Å². The van der Waals surface area contributed by atoms with Crippen LogP contribution >= 0.6 is 0 Å². The van der Waals surface area contributed by atoms with Crippen LogP contribution in [0.5, 0.6) is 0 Å². The standard InChI is InChI=1S/C17H19NO3/c1-11(19)18-15-5-2-4-12-7-8-13(10-14(12)15)17(20)16-6-3-9-21-16/h3,6-10,15,17,20H,2,4-5H2,1H3,(H,18,19). The summed E-state index contributed by atoms with van der Waals surface area (Å²) in [7, 11) is 0. The van der Waals surface area contributed by atoms with E-state index in [1.807, 2.05) is 18.2 Å². The Bertz CT molecular complexity index is 633. The van der Waals surface area contributed by atoms with Crippen molar-refractivity contribution in [3.05, 3.63) is 59.0 Å². The summed E-state index contributed by atoms with van der Waals surface area (Å²) in [5, 5.41) is 13.4. The molecule has 2 unspecified atom stereocenters. The minimum absolute atomic E-state index is 0.0233. The molecule has 1 aliphatic carbocycles.